The SMILES string of the molecule is CCCNC(=O)C(C)(C)CCOC(C)(C)CCC(=O)C(C)C. The Morgan fingerprint density at radius 1 is 1.09 bits per heavy atom. The van der Waals surface area contributed by atoms with E-state index in [1.165, 1.54) is 0 Å². The minimum absolute atomic E-state index is 0.0748. The highest BCUT2D eigenvalue weighted by atomic mass is 16.5. The number of carbonyl (C=O) groups is 2. The van der Waals surface area contributed by atoms with Crippen molar-refractivity contribution in [2.24, 2.45) is 11.3 Å². The lowest BCUT2D eigenvalue weighted by Crippen LogP contribution is -2.38. The number of ketones is 1. The Morgan fingerprint density at radius 2 is 1.68 bits per heavy atom. The number of hydrogen-bond acceptors (Lipinski definition) is 3. The Hall–Kier alpha value is -0.900. The molecule has 1 amide bonds. The van der Waals surface area contributed by atoms with Gasteiger partial charge in [0.2, 0.25) is 5.91 Å². The zero-order valence-electron chi connectivity index (χ0n) is 15.5. The van der Waals surface area contributed by atoms with Crippen molar-refractivity contribution in [3.8, 4) is 0 Å². The first kappa shape index (κ1) is 21.1. The maximum Gasteiger partial charge on any atom is 0.225 e. The molecule has 0 radical (unpaired) electrons. The van der Waals surface area contributed by atoms with Crippen molar-refractivity contribution in [3.63, 3.8) is 0 Å². The molecule has 0 heterocycles. The summed E-state index contributed by atoms with van der Waals surface area (Å²) in [6.07, 6.45) is 2.87. The van der Waals surface area contributed by atoms with Crippen LogP contribution in [0, 0.1) is 11.3 Å². The topological polar surface area (TPSA) is 55.4 Å². The predicted molar refractivity (Wildman–Crippen MR) is 90.8 cm³/mol. The number of amides is 1. The van der Waals surface area contributed by atoms with Crippen LogP contribution in [0.2, 0.25) is 0 Å². The van der Waals surface area contributed by atoms with Crippen molar-refractivity contribution in [3.05, 3.63) is 0 Å². The first-order valence-electron chi connectivity index (χ1n) is 8.47. The van der Waals surface area contributed by atoms with Gasteiger partial charge in [-0.3, -0.25) is 9.59 Å². The molecule has 0 aromatic carbocycles. The van der Waals surface area contributed by atoms with Gasteiger partial charge in [-0.1, -0.05) is 34.6 Å². The van der Waals surface area contributed by atoms with Crippen LogP contribution in [-0.4, -0.2) is 30.4 Å². The number of ether oxygens (including phenoxy) is 1. The van der Waals surface area contributed by atoms with Crippen LogP contribution in [0.1, 0.15) is 74.1 Å². The van der Waals surface area contributed by atoms with Crippen LogP contribution in [0.5, 0.6) is 0 Å². The van der Waals surface area contributed by atoms with E-state index in [0.29, 0.717) is 32.4 Å². The van der Waals surface area contributed by atoms with E-state index < -0.39 is 5.41 Å². The molecule has 0 fully saturated rings. The second kappa shape index (κ2) is 9.29. The minimum atomic E-state index is -0.432. The first-order chi connectivity index (χ1) is 10.0. The Bertz CT molecular complexity index is 359. The second-order valence-electron chi connectivity index (χ2n) is 7.62. The van der Waals surface area contributed by atoms with Gasteiger partial charge in [-0.05, 0) is 33.1 Å². The summed E-state index contributed by atoms with van der Waals surface area (Å²) >= 11 is 0. The molecular weight excluding hydrogens is 278 g/mol. The minimum Gasteiger partial charge on any atom is -0.376 e. The second-order valence-corrected chi connectivity index (χ2v) is 7.62. The molecule has 4 nitrogen and oxygen atoms in total. The van der Waals surface area contributed by atoms with Crippen molar-refractivity contribution in [2.75, 3.05) is 13.2 Å². The van der Waals surface area contributed by atoms with Crippen LogP contribution < -0.4 is 5.32 Å². The lowest BCUT2D eigenvalue weighted by atomic mass is 9.88. The van der Waals surface area contributed by atoms with Crippen LogP contribution >= 0.6 is 0 Å². The summed E-state index contributed by atoms with van der Waals surface area (Å²) in [5, 5.41) is 2.93. The molecule has 0 atom stereocenters. The molecule has 0 spiro atoms. The Morgan fingerprint density at radius 3 is 2.18 bits per heavy atom. The largest absolute Gasteiger partial charge is 0.376 e. The average Bonchev–Trinajstić information content (AvgIpc) is 2.41. The normalized spacial score (nSPS) is 12.5. The van der Waals surface area contributed by atoms with Gasteiger partial charge in [-0.2, -0.15) is 0 Å². The lowest BCUT2D eigenvalue weighted by Gasteiger charge is -2.29. The Labute approximate surface area is 136 Å². The van der Waals surface area contributed by atoms with Crippen LogP contribution in [0.4, 0.5) is 0 Å². The Kier molecular flexibility index (Phi) is 8.91. The van der Waals surface area contributed by atoms with E-state index in [1.807, 2.05) is 48.5 Å². The van der Waals surface area contributed by atoms with E-state index in [4.69, 9.17) is 4.74 Å². The van der Waals surface area contributed by atoms with E-state index in [0.717, 1.165) is 6.42 Å². The third-order valence-electron chi connectivity index (χ3n) is 3.99. The van der Waals surface area contributed by atoms with Crippen molar-refractivity contribution >= 4 is 11.7 Å². The maximum atomic E-state index is 12.1. The summed E-state index contributed by atoms with van der Waals surface area (Å²) in [4.78, 5) is 23.8. The van der Waals surface area contributed by atoms with E-state index in [1.54, 1.807) is 0 Å². The smallest absolute Gasteiger partial charge is 0.225 e. The highest BCUT2D eigenvalue weighted by Gasteiger charge is 2.28. The summed E-state index contributed by atoms with van der Waals surface area (Å²) < 4.78 is 5.92. The van der Waals surface area contributed by atoms with Gasteiger partial charge in [0.15, 0.2) is 0 Å². The van der Waals surface area contributed by atoms with Crippen LogP contribution in [-0.2, 0) is 14.3 Å². The van der Waals surface area contributed by atoms with Gasteiger partial charge in [-0.15, -0.1) is 0 Å². The molecule has 4 heteroatoms. The third kappa shape index (κ3) is 8.52. The van der Waals surface area contributed by atoms with Gasteiger partial charge in [0.1, 0.15) is 5.78 Å². The van der Waals surface area contributed by atoms with Gasteiger partial charge in [0.25, 0.3) is 0 Å². The molecule has 0 saturated carbocycles. The van der Waals surface area contributed by atoms with Crippen LogP contribution in [0.3, 0.4) is 0 Å². The summed E-state index contributed by atoms with van der Waals surface area (Å²) in [6, 6.07) is 0. The molecule has 22 heavy (non-hydrogen) atoms. The van der Waals surface area contributed by atoms with Crippen LogP contribution in [0.25, 0.3) is 0 Å². The summed E-state index contributed by atoms with van der Waals surface area (Å²) in [6.45, 7) is 15.0. The quantitative estimate of drug-likeness (QED) is 0.632. The molecule has 0 aromatic heterocycles. The van der Waals surface area contributed by atoms with E-state index in [-0.39, 0.29) is 23.2 Å². The van der Waals surface area contributed by atoms with Crippen molar-refractivity contribution in [2.45, 2.75) is 79.8 Å². The number of hydrogen-bond donors (Lipinski definition) is 1. The van der Waals surface area contributed by atoms with Crippen molar-refractivity contribution in [1.29, 1.82) is 0 Å². The summed E-state index contributed by atoms with van der Waals surface area (Å²) in [5.41, 5.74) is -0.764. The number of Topliss-reactive ketones (excluding diaryl/α,β-unsaturated/α-hetero) is 1. The highest BCUT2D eigenvalue weighted by molar-refractivity contribution is 5.81. The van der Waals surface area contributed by atoms with Gasteiger partial charge in [0.05, 0.1) is 5.60 Å². The monoisotopic (exact) mass is 313 g/mol. The molecule has 0 aliphatic rings. The zero-order chi connectivity index (χ0) is 17.4. The van der Waals surface area contributed by atoms with Crippen molar-refractivity contribution < 1.29 is 14.3 Å². The number of nitrogens with one attached hydrogen (secondary N) is 1. The fourth-order valence-electron chi connectivity index (χ4n) is 1.96. The highest BCUT2D eigenvalue weighted by Crippen LogP contribution is 2.24. The molecule has 0 aromatic rings. The summed E-state index contributed by atoms with van der Waals surface area (Å²) in [7, 11) is 0. The first-order valence-corrected chi connectivity index (χ1v) is 8.47. The number of carbonyl (C=O) groups excluding carboxylic acids is 2. The van der Waals surface area contributed by atoms with Gasteiger partial charge in [0, 0.05) is 30.9 Å². The number of rotatable bonds is 11. The zero-order valence-corrected chi connectivity index (χ0v) is 15.5. The molecular formula is C18H35NO3. The van der Waals surface area contributed by atoms with Gasteiger partial charge >= 0.3 is 0 Å². The van der Waals surface area contributed by atoms with E-state index in [9.17, 15) is 9.59 Å². The Balaban J connectivity index is 4.20. The average molecular weight is 313 g/mol. The van der Waals surface area contributed by atoms with Gasteiger partial charge < -0.3 is 10.1 Å². The fourth-order valence-corrected chi connectivity index (χ4v) is 1.96. The molecule has 0 saturated heterocycles. The third-order valence-corrected chi connectivity index (χ3v) is 3.99. The fraction of sp³-hybridized carbons (Fsp3) is 0.889. The molecule has 0 aliphatic heterocycles. The summed E-state index contributed by atoms with van der Waals surface area (Å²) in [5.74, 6) is 0.429. The molecule has 1 N–H and O–H groups in total. The molecule has 130 valence electrons. The molecule has 0 rings (SSSR count). The standard InChI is InChI=1S/C18H35NO3/c1-8-12-19-16(21)17(4,5)11-13-22-18(6,7)10-9-15(20)14(2)3/h14H,8-13H2,1-7H3,(H,19,21). The van der Waals surface area contributed by atoms with Crippen LogP contribution in [0.15, 0.2) is 0 Å². The predicted octanol–water partition coefficient (Wildman–Crippen LogP) is 3.73. The molecule has 0 aliphatic carbocycles. The molecule has 0 bridgehead atoms. The van der Waals surface area contributed by atoms with E-state index >= 15 is 0 Å². The van der Waals surface area contributed by atoms with Crippen molar-refractivity contribution in [1.82, 2.24) is 5.32 Å². The lowest BCUT2D eigenvalue weighted by molar-refractivity contribution is -0.131. The van der Waals surface area contributed by atoms with E-state index in [2.05, 4.69) is 5.32 Å². The molecule has 0 unspecified atom stereocenters. The maximum absolute atomic E-state index is 12.1. The van der Waals surface area contributed by atoms with Gasteiger partial charge in [-0.25, -0.2) is 0 Å².